The molecule has 3 aromatic carbocycles. The van der Waals surface area contributed by atoms with E-state index >= 15 is 0 Å². The second-order valence-corrected chi connectivity index (χ2v) is 7.66. The Labute approximate surface area is 183 Å². The zero-order valence-corrected chi connectivity index (χ0v) is 17.5. The highest BCUT2D eigenvalue weighted by atomic mass is 32.2. The first-order chi connectivity index (χ1) is 15.1. The lowest BCUT2D eigenvalue weighted by molar-refractivity contribution is -0.113. The van der Waals surface area contributed by atoms with E-state index in [1.807, 2.05) is 12.1 Å². The zero-order valence-electron chi connectivity index (χ0n) is 16.7. The Bertz CT molecular complexity index is 1100. The molecular weight excluding hydrogens is 416 g/mol. The van der Waals surface area contributed by atoms with E-state index < -0.39 is 0 Å². The number of thioether (sulfide) groups is 1. The van der Waals surface area contributed by atoms with Gasteiger partial charge in [0.1, 0.15) is 5.75 Å². The second-order valence-electron chi connectivity index (χ2n) is 6.62. The number of ether oxygens (including phenoxy) is 3. The van der Waals surface area contributed by atoms with Gasteiger partial charge in [0.25, 0.3) is 5.91 Å². The summed E-state index contributed by atoms with van der Waals surface area (Å²) in [6, 6.07) is 19.6. The van der Waals surface area contributed by atoms with Gasteiger partial charge in [0.15, 0.2) is 11.5 Å². The molecule has 3 aromatic rings. The van der Waals surface area contributed by atoms with Gasteiger partial charge in [-0.1, -0.05) is 6.07 Å². The number of rotatable bonds is 7. The fraction of sp³-hybridized carbons (Fsp3) is 0.130. The summed E-state index contributed by atoms with van der Waals surface area (Å²) in [5.41, 5.74) is 1.84. The third-order valence-corrected chi connectivity index (χ3v) is 5.48. The van der Waals surface area contributed by atoms with Gasteiger partial charge >= 0.3 is 0 Å². The summed E-state index contributed by atoms with van der Waals surface area (Å²) in [6.07, 6.45) is 0. The SMILES string of the molecule is COc1cccc(C(=O)Nc2ccc(SCC(=O)Nc3ccc4c(c3)OCO4)cc2)c1. The van der Waals surface area contributed by atoms with Crippen molar-refractivity contribution in [1.29, 1.82) is 0 Å². The van der Waals surface area contributed by atoms with Crippen LogP contribution in [0.5, 0.6) is 17.2 Å². The van der Waals surface area contributed by atoms with E-state index in [1.165, 1.54) is 11.8 Å². The van der Waals surface area contributed by atoms with Crippen molar-refractivity contribution in [3.8, 4) is 17.2 Å². The van der Waals surface area contributed by atoms with Crippen LogP contribution in [-0.4, -0.2) is 31.5 Å². The first-order valence-electron chi connectivity index (χ1n) is 9.48. The van der Waals surface area contributed by atoms with Crippen molar-refractivity contribution < 1.29 is 23.8 Å². The Balaban J connectivity index is 1.28. The van der Waals surface area contributed by atoms with Crippen molar-refractivity contribution in [2.24, 2.45) is 0 Å². The minimum Gasteiger partial charge on any atom is -0.497 e. The molecule has 4 rings (SSSR count). The summed E-state index contributed by atoms with van der Waals surface area (Å²) in [6.45, 7) is 0.193. The van der Waals surface area contributed by atoms with Gasteiger partial charge < -0.3 is 24.8 Å². The highest BCUT2D eigenvalue weighted by molar-refractivity contribution is 8.00. The molecule has 0 bridgehead atoms. The van der Waals surface area contributed by atoms with Crippen molar-refractivity contribution in [3.63, 3.8) is 0 Å². The summed E-state index contributed by atoms with van der Waals surface area (Å²) >= 11 is 1.40. The number of fused-ring (bicyclic) bond motifs is 1. The maximum Gasteiger partial charge on any atom is 0.255 e. The molecule has 31 heavy (non-hydrogen) atoms. The Kier molecular flexibility index (Phi) is 6.28. The van der Waals surface area contributed by atoms with E-state index in [4.69, 9.17) is 14.2 Å². The predicted octanol–water partition coefficient (Wildman–Crippen LogP) is 4.41. The lowest BCUT2D eigenvalue weighted by atomic mass is 10.2. The maximum atomic E-state index is 12.4. The molecule has 1 aliphatic rings. The predicted molar refractivity (Wildman–Crippen MR) is 119 cm³/mol. The summed E-state index contributed by atoms with van der Waals surface area (Å²) < 4.78 is 15.7. The van der Waals surface area contributed by atoms with Crippen molar-refractivity contribution in [1.82, 2.24) is 0 Å². The normalized spacial score (nSPS) is 11.6. The Hall–Kier alpha value is -3.65. The van der Waals surface area contributed by atoms with E-state index in [2.05, 4.69) is 10.6 Å². The molecule has 2 N–H and O–H groups in total. The number of benzene rings is 3. The van der Waals surface area contributed by atoms with Crippen LogP contribution >= 0.6 is 11.8 Å². The van der Waals surface area contributed by atoms with E-state index in [9.17, 15) is 9.59 Å². The first-order valence-corrected chi connectivity index (χ1v) is 10.5. The summed E-state index contributed by atoms with van der Waals surface area (Å²) in [5, 5.41) is 5.69. The van der Waals surface area contributed by atoms with Crippen LogP contribution < -0.4 is 24.8 Å². The maximum absolute atomic E-state index is 12.4. The number of carbonyl (C=O) groups is 2. The Morgan fingerprint density at radius 3 is 2.52 bits per heavy atom. The first kappa shape index (κ1) is 20.6. The molecular formula is C23H20N2O5S. The van der Waals surface area contributed by atoms with Gasteiger partial charge in [0.2, 0.25) is 12.7 Å². The minimum absolute atomic E-state index is 0.126. The van der Waals surface area contributed by atoms with E-state index in [0.717, 1.165) is 4.90 Å². The molecule has 0 spiro atoms. The highest BCUT2D eigenvalue weighted by Crippen LogP contribution is 2.34. The number of hydrogen-bond acceptors (Lipinski definition) is 6. The van der Waals surface area contributed by atoms with Crippen molar-refractivity contribution in [3.05, 3.63) is 72.3 Å². The minimum atomic E-state index is -0.220. The molecule has 8 heteroatoms. The molecule has 1 heterocycles. The third kappa shape index (κ3) is 5.29. The molecule has 0 aromatic heterocycles. The number of methoxy groups -OCH3 is 1. The Morgan fingerprint density at radius 2 is 1.71 bits per heavy atom. The van der Waals surface area contributed by atoms with Crippen LogP contribution in [0.2, 0.25) is 0 Å². The zero-order chi connectivity index (χ0) is 21.6. The quantitative estimate of drug-likeness (QED) is 0.534. The fourth-order valence-corrected chi connectivity index (χ4v) is 3.62. The third-order valence-electron chi connectivity index (χ3n) is 4.47. The van der Waals surface area contributed by atoms with Crippen molar-refractivity contribution in [2.75, 3.05) is 30.3 Å². The highest BCUT2D eigenvalue weighted by Gasteiger charge is 2.14. The van der Waals surface area contributed by atoms with E-state index in [0.29, 0.717) is 34.2 Å². The topological polar surface area (TPSA) is 85.9 Å². The van der Waals surface area contributed by atoms with Crippen molar-refractivity contribution >= 4 is 35.0 Å². The van der Waals surface area contributed by atoms with Crippen LogP contribution in [0.4, 0.5) is 11.4 Å². The average Bonchev–Trinajstić information content (AvgIpc) is 3.26. The number of hydrogen-bond donors (Lipinski definition) is 2. The monoisotopic (exact) mass is 436 g/mol. The van der Waals surface area contributed by atoms with Crippen LogP contribution in [0, 0.1) is 0 Å². The van der Waals surface area contributed by atoms with Gasteiger partial charge in [-0.25, -0.2) is 0 Å². The average molecular weight is 436 g/mol. The Morgan fingerprint density at radius 1 is 0.935 bits per heavy atom. The van der Waals surface area contributed by atoms with Crippen LogP contribution in [0.3, 0.4) is 0 Å². The fourth-order valence-electron chi connectivity index (χ4n) is 2.92. The van der Waals surface area contributed by atoms with Gasteiger partial charge in [0.05, 0.1) is 12.9 Å². The van der Waals surface area contributed by atoms with Crippen LogP contribution in [0.25, 0.3) is 0 Å². The van der Waals surface area contributed by atoms with Gasteiger partial charge in [-0.15, -0.1) is 11.8 Å². The largest absolute Gasteiger partial charge is 0.497 e. The molecule has 0 fully saturated rings. The second kappa shape index (κ2) is 9.44. The van der Waals surface area contributed by atoms with Crippen molar-refractivity contribution in [2.45, 2.75) is 4.90 Å². The number of nitrogens with one attached hydrogen (secondary N) is 2. The molecule has 0 saturated carbocycles. The molecule has 0 aliphatic carbocycles. The summed E-state index contributed by atoms with van der Waals surface area (Å²) in [5.74, 6) is 1.83. The van der Waals surface area contributed by atoms with Crippen LogP contribution in [-0.2, 0) is 4.79 Å². The van der Waals surface area contributed by atoms with E-state index in [1.54, 1.807) is 61.7 Å². The lowest BCUT2D eigenvalue weighted by Gasteiger charge is -2.08. The molecule has 1 aliphatic heterocycles. The van der Waals surface area contributed by atoms with Gasteiger partial charge in [-0.05, 0) is 54.6 Å². The molecule has 0 atom stereocenters. The van der Waals surface area contributed by atoms with Gasteiger partial charge in [0, 0.05) is 27.9 Å². The standard InChI is InChI=1S/C23H20N2O5S/c1-28-18-4-2-3-15(11-18)23(27)25-16-5-8-19(9-6-16)31-13-22(26)24-17-7-10-20-21(12-17)30-14-29-20/h2-12H,13-14H2,1H3,(H,24,26)(H,25,27). The molecule has 0 unspecified atom stereocenters. The smallest absolute Gasteiger partial charge is 0.255 e. The van der Waals surface area contributed by atoms with E-state index in [-0.39, 0.29) is 24.4 Å². The number of amides is 2. The molecule has 7 nitrogen and oxygen atoms in total. The van der Waals surface area contributed by atoms with Crippen LogP contribution in [0.1, 0.15) is 10.4 Å². The molecule has 0 radical (unpaired) electrons. The molecule has 0 saturated heterocycles. The lowest BCUT2D eigenvalue weighted by Crippen LogP contribution is -2.14. The molecule has 2 amide bonds. The van der Waals surface area contributed by atoms with Gasteiger partial charge in [-0.2, -0.15) is 0 Å². The number of anilines is 2. The summed E-state index contributed by atoms with van der Waals surface area (Å²) in [4.78, 5) is 25.5. The molecule has 158 valence electrons. The van der Waals surface area contributed by atoms with Crippen LogP contribution in [0.15, 0.2) is 71.6 Å². The summed E-state index contributed by atoms with van der Waals surface area (Å²) in [7, 11) is 1.56. The van der Waals surface area contributed by atoms with Gasteiger partial charge in [-0.3, -0.25) is 9.59 Å². The number of carbonyl (C=O) groups excluding carboxylic acids is 2.